The standard InChI is InChI=1S/C19H13BrI2N2O2S/c20-14-5-3-12(4-6-14)11-26-18-15(21)8-13(9-16(18)22)10-23-24-19(25)17-2-1-7-27-17/h1-10H,11H2,(H,24,25)/b23-10-. The molecule has 0 bridgehead atoms. The number of halogens is 3. The molecule has 138 valence electrons. The Morgan fingerprint density at radius 3 is 2.52 bits per heavy atom. The molecule has 27 heavy (non-hydrogen) atoms. The Morgan fingerprint density at radius 2 is 1.89 bits per heavy atom. The van der Waals surface area contributed by atoms with E-state index in [9.17, 15) is 4.79 Å². The molecule has 0 unspecified atom stereocenters. The Kier molecular flexibility index (Phi) is 7.67. The molecule has 1 N–H and O–H groups in total. The van der Waals surface area contributed by atoms with E-state index in [2.05, 4.69) is 71.6 Å². The van der Waals surface area contributed by atoms with Crippen molar-refractivity contribution in [2.24, 2.45) is 5.10 Å². The van der Waals surface area contributed by atoms with Crippen molar-refractivity contribution in [3.63, 3.8) is 0 Å². The van der Waals surface area contributed by atoms with Crippen LogP contribution >= 0.6 is 72.4 Å². The molecule has 0 saturated heterocycles. The highest BCUT2D eigenvalue weighted by molar-refractivity contribution is 14.1. The van der Waals surface area contributed by atoms with Gasteiger partial charge in [-0.1, -0.05) is 34.1 Å². The van der Waals surface area contributed by atoms with Crippen LogP contribution in [0.25, 0.3) is 0 Å². The Bertz CT molecular complexity index is 937. The van der Waals surface area contributed by atoms with Gasteiger partial charge in [-0.15, -0.1) is 11.3 Å². The van der Waals surface area contributed by atoms with Crippen LogP contribution in [-0.2, 0) is 6.61 Å². The molecule has 0 spiro atoms. The van der Waals surface area contributed by atoms with E-state index in [0.29, 0.717) is 11.5 Å². The van der Waals surface area contributed by atoms with Gasteiger partial charge >= 0.3 is 0 Å². The highest BCUT2D eigenvalue weighted by Crippen LogP contribution is 2.29. The fourth-order valence-corrected chi connectivity index (χ4v) is 5.16. The third-order valence-electron chi connectivity index (χ3n) is 3.44. The lowest BCUT2D eigenvalue weighted by Gasteiger charge is -2.11. The molecular formula is C19H13BrI2N2O2S. The number of hydrogen-bond acceptors (Lipinski definition) is 4. The number of amides is 1. The summed E-state index contributed by atoms with van der Waals surface area (Å²) < 4.78 is 9.02. The summed E-state index contributed by atoms with van der Waals surface area (Å²) in [7, 11) is 0. The quantitative estimate of drug-likeness (QED) is 0.198. The number of hydrogen-bond donors (Lipinski definition) is 1. The topological polar surface area (TPSA) is 50.7 Å². The normalized spacial score (nSPS) is 10.9. The zero-order chi connectivity index (χ0) is 19.2. The minimum atomic E-state index is -0.208. The van der Waals surface area contributed by atoms with Crippen molar-refractivity contribution >= 4 is 84.6 Å². The number of carbonyl (C=O) groups is 1. The van der Waals surface area contributed by atoms with Crippen molar-refractivity contribution in [1.29, 1.82) is 0 Å². The second kappa shape index (κ2) is 9.99. The van der Waals surface area contributed by atoms with E-state index < -0.39 is 0 Å². The van der Waals surface area contributed by atoms with Crippen molar-refractivity contribution in [2.75, 3.05) is 0 Å². The molecule has 1 amide bonds. The predicted octanol–water partition coefficient (Wildman–Crippen LogP) is 6.06. The maximum atomic E-state index is 11.9. The zero-order valence-corrected chi connectivity index (χ0v) is 20.5. The molecule has 3 aromatic rings. The van der Waals surface area contributed by atoms with E-state index >= 15 is 0 Å². The van der Waals surface area contributed by atoms with Gasteiger partial charge in [0.05, 0.1) is 18.2 Å². The fraction of sp³-hybridized carbons (Fsp3) is 0.0526. The van der Waals surface area contributed by atoms with Gasteiger partial charge < -0.3 is 4.74 Å². The first-order chi connectivity index (χ1) is 13.0. The average molecular weight is 667 g/mol. The Hall–Kier alpha value is -0.980. The number of carbonyl (C=O) groups excluding carboxylic acids is 1. The molecule has 0 fully saturated rings. The molecule has 1 aromatic heterocycles. The summed E-state index contributed by atoms with van der Waals surface area (Å²) in [4.78, 5) is 12.5. The molecule has 8 heteroatoms. The summed E-state index contributed by atoms with van der Waals surface area (Å²) in [6.45, 7) is 0.504. The summed E-state index contributed by atoms with van der Waals surface area (Å²) >= 11 is 9.31. The van der Waals surface area contributed by atoms with E-state index in [1.807, 2.05) is 47.8 Å². The lowest BCUT2D eigenvalue weighted by molar-refractivity contribution is 0.0959. The lowest BCUT2D eigenvalue weighted by atomic mass is 10.2. The van der Waals surface area contributed by atoms with Gasteiger partial charge in [0.25, 0.3) is 5.91 Å². The average Bonchev–Trinajstić information content (AvgIpc) is 3.17. The number of nitrogens with one attached hydrogen (secondary N) is 1. The first kappa shape index (κ1) is 20.7. The van der Waals surface area contributed by atoms with Gasteiger partial charge in [-0.2, -0.15) is 5.10 Å². The highest BCUT2D eigenvalue weighted by atomic mass is 127. The van der Waals surface area contributed by atoms with Gasteiger partial charge in [-0.05, 0) is 92.0 Å². The molecule has 0 atom stereocenters. The number of hydrazone groups is 1. The fourth-order valence-electron chi connectivity index (χ4n) is 2.16. The van der Waals surface area contributed by atoms with Gasteiger partial charge in [-0.25, -0.2) is 5.43 Å². The number of thiophene rings is 1. The van der Waals surface area contributed by atoms with E-state index in [1.165, 1.54) is 11.3 Å². The molecule has 3 rings (SSSR count). The smallest absolute Gasteiger partial charge is 0.281 e. The van der Waals surface area contributed by atoms with Gasteiger partial charge in [-0.3, -0.25) is 4.79 Å². The summed E-state index contributed by atoms with van der Waals surface area (Å²) in [6.07, 6.45) is 1.63. The third kappa shape index (κ3) is 6.00. The van der Waals surface area contributed by atoms with Crippen molar-refractivity contribution in [1.82, 2.24) is 5.43 Å². The number of benzene rings is 2. The Labute approximate surface area is 196 Å². The van der Waals surface area contributed by atoms with E-state index in [4.69, 9.17) is 4.74 Å². The second-order valence-corrected chi connectivity index (χ2v) is 9.59. The molecule has 0 radical (unpaired) electrons. The van der Waals surface area contributed by atoms with Crippen LogP contribution in [0.2, 0.25) is 0 Å². The first-order valence-electron chi connectivity index (χ1n) is 7.76. The van der Waals surface area contributed by atoms with Gasteiger partial charge in [0.15, 0.2) is 0 Å². The van der Waals surface area contributed by atoms with Crippen LogP contribution in [0.1, 0.15) is 20.8 Å². The maximum Gasteiger partial charge on any atom is 0.281 e. The van der Waals surface area contributed by atoms with Crippen LogP contribution in [0.15, 0.2) is 63.5 Å². The second-order valence-electron chi connectivity index (χ2n) is 5.41. The molecule has 0 aliphatic heterocycles. The largest absolute Gasteiger partial charge is 0.487 e. The van der Waals surface area contributed by atoms with E-state index in [0.717, 1.165) is 28.5 Å². The monoisotopic (exact) mass is 666 g/mol. The minimum Gasteiger partial charge on any atom is -0.487 e. The maximum absolute atomic E-state index is 11.9. The summed E-state index contributed by atoms with van der Waals surface area (Å²) in [6, 6.07) is 15.6. The van der Waals surface area contributed by atoms with Crippen molar-refractivity contribution in [3.05, 3.63) is 81.5 Å². The number of rotatable bonds is 6. The number of nitrogens with zero attached hydrogens (tertiary/aromatic N) is 1. The van der Waals surface area contributed by atoms with Gasteiger partial charge in [0.1, 0.15) is 12.4 Å². The molecule has 4 nitrogen and oxygen atoms in total. The minimum absolute atomic E-state index is 0.208. The molecular weight excluding hydrogens is 654 g/mol. The van der Waals surface area contributed by atoms with Crippen LogP contribution in [0.3, 0.4) is 0 Å². The van der Waals surface area contributed by atoms with Crippen LogP contribution in [0, 0.1) is 7.14 Å². The molecule has 0 aliphatic rings. The molecule has 2 aromatic carbocycles. The summed E-state index contributed by atoms with van der Waals surface area (Å²) in [5.74, 6) is 0.638. The molecule has 0 saturated carbocycles. The van der Waals surface area contributed by atoms with Crippen LogP contribution in [0.4, 0.5) is 0 Å². The predicted molar refractivity (Wildman–Crippen MR) is 130 cm³/mol. The Morgan fingerprint density at radius 1 is 1.19 bits per heavy atom. The lowest BCUT2D eigenvalue weighted by Crippen LogP contribution is -2.16. The first-order valence-corrected chi connectivity index (χ1v) is 11.6. The van der Waals surface area contributed by atoms with Crippen molar-refractivity contribution in [3.8, 4) is 5.75 Å². The highest BCUT2D eigenvalue weighted by Gasteiger charge is 2.09. The summed E-state index contributed by atoms with van der Waals surface area (Å²) in [5, 5.41) is 5.90. The zero-order valence-electron chi connectivity index (χ0n) is 13.8. The van der Waals surface area contributed by atoms with Crippen LogP contribution in [-0.4, -0.2) is 12.1 Å². The van der Waals surface area contributed by atoms with Crippen molar-refractivity contribution < 1.29 is 9.53 Å². The van der Waals surface area contributed by atoms with Crippen LogP contribution < -0.4 is 10.2 Å². The molecule has 1 heterocycles. The SMILES string of the molecule is O=C(N/N=C\c1cc(I)c(OCc2ccc(Br)cc2)c(I)c1)c1cccs1. The van der Waals surface area contributed by atoms with E-state index in [1.54, 1.807) is 12.3 Å². The third-order valence-corrected chi connectivity index (χ3v) is 6.44. The van der Waals surface area contributed by atoms with E-state index in [-0.39, 0.29) is 5.91 Å². The number of ether oxygens (including phenoxy) is 1. The summed E-state index contributed by atoms with van der Waals surface area (Å²) in [5.41, 5.74) is 4.54. The van der Waals surface area contributed by atoms with Crippen LogP contribution in [0.5, 0.6) is 5.75 Å². The van der Waals surface area contributed by atoms with Crippen molar-refractivity contribution in [2.45, 2.75) is 6.61 Å². The molecule has 0 aliphatic carbocycles. The van der Waals surface area contributed by atoms with Gasteiger partial charge in [0.2, 0.25) is 0 Å². The Balaban J connectivity index is 1.64. The van der Waals surface area contributed by atoms with Gasteiger partial charge in [0, 0.05) is 4.47 Å².